The van der Waals surface area contributed by atoms with E-state index in [0.29, 0.717) is 19.3 Å². The van der Waals surface area contributed by atoms with E-state index < -0.39 is 18.2 Å². The highest BCUT2D eigenvalue weighted by molar-refractivity contribution is 5.77. The van der Waals surface area contributed by atoms with E-state index in [2.05, 4.69) is 86.8 Å². The summed E-state index contributed by atoms with van der Waals surface area (Å²) in [5.41, 5.74) is 0. The Balaban J connectivity index is 4.62. The van der Waals surface area contributed by atoms with Gasteiger partial charge in [-0.1, -0.05) is 216 Å². The minimum atomic E-state index is -0.800. The number of allylic oxidation sites excluding steroid dienone is 10. The normalized spacial score (nSPS) is 13.7. The average molecular weight is 868 g/mol. The number of esters is 1. The largest absolute Gasteiger partial charge is 0.462 e. The second-order valence-electron chi connectivity index (χ2n) is 17.9. The van der Waals surface area contributed by atoms with E-state index in [4.69, 9.17) is 4.74 Å². The van der Waals surface area contributed by atoms with E-state index in [1.165, 1.54) is 128 Å². The van der Waals surface area contributed by atoms with E-state index >= 15 is 0 Å². The predicted molar refractivity (Wildman–Crippen MR) is 268 cm³/mol. The lowest BCUT2D eigenvalue weighted by Gasteiger charge is -2.24. The average Bonchev–Trinajstić information content (AvgIpc) is 3.26. The van der Waals surface area contributed by atoms with Crippen LogP contribution in [-0.4, -0.2) is 46.9 Å². The van der Waals surface area contributed by atoms with Gasteiger partial charge in [-0.3, -0.25) is 9.59 Å². The lowest BCUT2D eigenvalue weighted by molar-refractivity contribution is -0.151. The molecule has 0 radical (unpaired) electrons. The molecule has 3 unspecified atom stereocenters. The van der Waals surface area contributed by atoms with Crippen molar-refractivity contribution >= 4 is 11.9 Å². The van der Waals surface area contributed by atoms with Crippen LogP contribution in [0.3, 0.4) is 0 Å². The molecule has 6 heteroatoms. The van der Waals surface area contributed by atoms with E-state index in [9.17, 15) is 19.8 Å². The van der Waals surface area contributed by atoms with E-state index in [-0.39, 0.29) is 24.9 Å². The van der Waals surface area contributed by atoms with Gasteiger partial charge in [-0.05, 0) is 89.9 Å². The number of aliphatic hydroxyl groups is 2. The summed E-state index contributed by atoms with van der Waals surface area (Å²) in [6.45, 7) is 6.43. The molecular weight excluding hydrogens is 767 g/mol. The molecule has 0 aliphatic heterocycles. The number of nitrogens with one attached hydrogen (secondary N) is 1. The summed E-state index contributed by atoms with van der Waals surface area (Å²) >= 11 is 0. The highest BCUT2D eigenvalue weighted by atomic mass is 16.5. The highest BCUT2D eigenvalue weighted by Gasteiger charge is 2.24. The van der Waals surface area contributed by atoms with Crippen LogP contribution in [0.25, 0.3) is 0 Å². The molecular formula is C56H101NO5. The molecule has 0 aromatic rings. The summed E-state index contributed by atoms with van der Waals surface area (Å²) in [4.78, 5) is 26.1. The van der Waals surface area contributed by atoms with E-state index in [1.807, 2.05) is 0 Å². The second-order valence-corrected chi connectivity index (χ2v) is 17.9. The summed E-state index contributed by atoms with van der Waals surface area (Å²) in [6.07, 6.45) is 61.4. The molecule has 0 aliphatic carbocycles. The Morgan fingerprint density at radius 3 is 1.32 bits per heavy atom. The van der Waals surface area contributed by atoms with Crippen molar-refractivity contribution in [3.05, 3.63) is 60.8 Å². The molecule has 6 nitrogen and oxygen atoms in total. The second kappa shape index (κ2) is 49.6. The van der Waals surface area contributed by atoms with Gasteiger partial charge in [-0.25, -0.2) is 0 Å². The summed E-state index contributed by atoms with van der Waals surface area (Å²) in [6, 6.07) is -0.717. The van der Waals surface area contributed by atoms with Crippen molar-refractivity contribution < 1.29 is 24.5 Å². The molecule has 0 heterocycles. The number of unbranched alkanes of at least 4 members (excludes halogenated alkanes) is 25. The standard InChI is InChI=1S/C56H101NO5/c1-4-7-10-13-16-19-22-25-26-27-28-29-30-31-34-37-40-43-46-49-56(61)62-52(47-44-41-38-35-32-23-20-17-14-11-8-5-2)50-55(60)57-53(51-58)54(59)48-45-42-39-36-33-24-21-18-15-12-9-6-3/h16,19,25-26,28-29,31,34-35,38,52-54,58-59H,4-15,17-18,20-24,27,30,32-33,36-37,39-51H2,1-3H3,(H,57,60)/b19-16-,26-25-,29-28-,34-31-,38-35-. The lowest BCUT2D eigenvalue weighted by atomic mass is 10.0. The van der Waals surface area contributed by atoms with Gasteiger partial charge in [0.1, 0.15) is 6.10 Å². The van der Waals surface area contributed by atoms with Crippen molar-refractivity contribution in [3.8, 4) is 0 Å². The fourth-order valence-corrected chi connectivity index (χ4v) is 7.77. The van der Waals surface area contributed by atoms with Crippen molar-refractivity contribution in [2.75, 3.05) is 6.61 Å². The molecule has 0 saturated carbocycles. The summed E-state index contributed by atoms with van der Waals surface area (Å²) in [7, 11) is 0. The molecule has 0 aromatic heterocycles. The number of aliphatic hydroxyl groups excluding tert-OH is 2. The number of rotatable bonds is 47. The van der Waals surface area contributed by atoms with Gasteiger partial charge in [0.2, 0.25) is 5.91 Å². The Bertz CT molecular complexity index is 1110. The number of carbonyl (C=O) groups excluding carboxylic acids is 2. The van der Waals surface area contributed by atoms with Gasteiger partial charge in [-0.2, -0.15) is 0 Å². The molecule has 0 saturated heterocycles. The van der Waals surface area contributed by atoms with Crippen LogP contribution in [0.15, 0.2) is 60.8 Å². The van der Waals surface area contributed by atoms with Gasteiger partial charge in [0.05, 0.1) is 25.2 Å². The first-order chi connectivity index (χ1) is 30.5. The molecule has 1 amide bonds. The lowest BCUT2D eigenvalue weighted by Crippen LogP contribution is -2.46. The van der Waals surface area contributed by atoms with Gasteiger partial charge in [0.15, 0.2) is 0 Å². The first-order valence-corrected chi connectivity index (χ1v) is 26.5. The Kier molecular flexibility index (Phi) is 47.6. The zero-order valence-corrected chi connectivity index (χ0v) is 41.0. The molecule has 0 rings (SSSR count). The molecule has 62 heavy (non-hydrogen) atoms. The number of amides is 1. The van der Waals surface area contributed by atoms with Gasteiger partial charge in [-0.15, -0.1) is 0 Å². The quantitative estimate of drug-likeness (QED) is 0.0322. The minimum Gasteiger partial charge on any atom is -0.462 e. The van der Waals surface area contributed by atoms with Crippen LogP contribution in [0.4, 0.5) is 0 Å². The van der Waals surface area contributed by atoms with Crippen LogP contribution < -0.4 is 5.32 Å². The zero-order chi connectivity index (χ0) is 45.2. The molecule has 0 bridgehead atoms. The van der Waals surface area contributed by atoms with Crippen molar-refractivity contribution in [1.82, 2.24) is 5.32 Å². The van der Waals surface area contributed by atoms with Crippen molar-refractivity contribution in [2.45, 2.75) is 277 Å². The maximum Gasteiger partial charge on any atom is 0.306 e. The first-order valence-electron chi connectivity index (χ1n) is 26.5. The Morgan fingerprint density at radius 2 is 0.839 bits per heavy atom. The van der Waals surface area contributed by atoms with Crippen LogP contribution >= 0.6 is 0 Å². The molecule has 360 valence electrons. The van der Waals surface area contributed by atoms with Gasteiger partial charge in [0.25, 0.3) is 0 Å². The zero-order valence-electron chi connectivity index (χ0n) is 41.0. The van der Waals surface area contributed by atoms with Gasteiger partial charge < -0.3 is 20.3 Å². The summed E-state index contributed by atoms with van der Waals surface area (Å²) in [5, 5.41) is 23.7. The molecule has 0 aliphatic rings. The fraction of sp³-hybridized carbons (Fsp3) is 0.786. The highest BCUT2D eigenvalue weighted by Crippen LogP contribution is 2.17. The number of hydrogen-bond acceptors (Lipinski definition) is 5. The van der Waals surface area contributed by atoms with Crippen molar-refractivity contribution in [2.24, 2.45) is 0 Å². The SMILES string of the molecule is CCCCC/C=C\C/C=C\C/C=C\C/C=C\CCCCCC(=O)OC(CCC/C=C\CCCCCCCCC)CC(=O)NC(CO)C(O)CCCCCCCCCCCCCC. The van der Waals surface area contributed by atoms with Crippen LogP contribution in [0.2, 0.25) is 0 Å². The van der Waals surface area contributed by atoms with Crippen LogP contribution in [0.5, 0.6) is 0 Å². The maximum atomic E-state index is 13.2. The van der Waals surface area contributed by atoms with Crippen LogP contribution in [0, 0.1) is 0 Å². The summed E-state index contributed by atoms with van der Waals surface area (Å²) < 4.78 is 5.90. The number of carbonyl (C=O) groups is 2. The third-order valence-electron chi connectivity index (χ3n) is 11.8. The molecule has 0 aromatic carbocycles. The van der Waals surface area contributed by atoms with Gasteiger partial charge >= 0.3 is 5.97 Å². The fourth-order valence-electron chi connectivity index (χ4n) is 7.77. The van der Waals surface area contributed by atoms with Gasteiger partial charge in [0, 0.05) is 6.42 Å². The minimum absolute atomic E-state index is 0.0430. The number of ether oxygens (including phenoxy) is 1. The third-order valence-corrected chi connectivity index (χ3v) is 11.8. The van der Waals surface area contributed by atoms with E-state index in [1.54, 1.807) is 0 Å². The molecule has 3 N–H and O–H groups in total. The van der Waals surface area contributed by atoms with Crippen molar-refractivity contribution in [3.63, 3.8) is 0 Å². The van der Waals surface area contributed by atoms with Crippen molar-refractivity contribution in [1.29, 1.82) is 0 Å². The van der Waals surface area contributed by atoms with Crippen LogP contribution in [0.1, 0.15) is 258 Å². The maximum absolute atomic E-state index is 13.2. The summed E-state index contributed by atoms with van der Waals surface area (Å²) in [5.74, 6) is -0.537. The Morgan fingerprint density at radius 1 is 0.468 bits per heavy atom. The molecule has 0 spiro atoms. The molecule has 0 fully saturated rings. The smallest absolute Gasteiger partial charge is 0.306 e. The number of hydrogen-bond donors (Lipinski definition) is 3. The predicted octanol–water partition coefficient (Wildman–Crippen LogP) is 16.0. The Labute approximate surface area is 384 Å². The topological polar surface area (TPSA) is 95.9 Å². The van der Waals surface area contributed by atoms with E-state index in [0.717, 1.165) is 83.5 Å². The monoisotopic (exact) mass is 868 g/mol. The first kappa shape index (κ1) is 59.6. The van der Waals surface area contributed by atoms with Crippen LogP contribution in [-0.2, 0) is 14.3 Å². The molecule has 3 atom stereocenters. The third kappa shape index (κ3) is 44.2. The Hall–Kier alpha value is -2.44.